The topological polar surface area (TPSA) is 29.1 Å². The molecule has 0 bridgehead atoms. The average Bonchev–Trinajstić information content (AvgIpc) is 2.20. The molecule has 92 valence electrons. The molecule has 0 saturated heterocycles. The molecule has 1 saturated carbocycles. The van der Waals surface area contributed by atoms with E-state index >= 15 is 0 Å². The van der Waals surface area contributed by atoms with Crippen molar-refractivity contribution in [3.05, 3.63) is 28.8 Å². The lowest BCUT2D eigenvalue weighted by molar-refractivity contribution is -0.145. The number of carbonyl (C=O) groups is 1. The molecule has 5 heteroatoms. The quantitative estimate of drug-likeness (QED) is 0.863. The third-order valence-electron chi connectivity index (χ3n) is 2.89. The standard InChI is InChI=1S/C12H12ClF2NO/c1-7-4-9(2-3-10(7)13)16-11(17)8-5-12(14,15)6-8/h2-4,8H,5-6H2,1H3,(H,16,17). The summed E-state index contributed by atoms with van der Waals surface area (Å²) < 4.78 is 25.2. The maximum atomic E-state index is 12.6. The molecule has 0 aliphatic heterocycles. The largest absolute Gasteiger partial charge is 0.326 e. The van der Waals surface area contributed by atoms with Crippen molar-refractivity contribution in [3.8, 4) is 0 Å². The van der Waals surface area contributed by atoms with Crippen molar-refractivity contribution in [2.75, 3.05) is 5.32 Å². The lowest BCUT2D eigenvalue weighted by Gasteiger charge is -2.33. The van der Waals surface area contributed by atoms with Gasteiger partial charge in [-0.25, -0.2) is 8.78 Å². The number of alkyl halides is 2. The Bertz CT molecular complexity index is 454. The minimum absolute atomic E-state index is 0.349. The van der Waals surface area contributed by atoms with Crippen molar-refractivity contribution in [2.24, 2.45) is 5.92 Å². The third kappa shape index (κ3) is 2.75. The number of amides is 1. The van der Waals surface area contributed by atoms with Gasteiger partial charge in [-0.3, -0.25) is 4.79 Å². The molecule has 1 fully saturated rings. The Labute approximate surface area is 103 Å². The van der Waals surface area contributed by atoms with Gasteiger partial charge in [0.1, 0.15) is 0 Å². The van der Waals surface area contributed by atoms with Crippen LogP contribution in [-0.4, -0.2) is 11.8 Å². The summed E-state index contributed by atoms with van der Waals surface area (Å²) in [7, 11) is 0. The van der Waals surface area contributed by atoms with Gasteiger partial charge in [0.15, 0.2) is 0 Å². The Hall–Kier alpha value is -1.16. The summed E-state index contributed by atoms with van der Waals surface area (Å²) in [5, 5.41) is 3.23. The van der Waals surface area contributed by atoms with Gasteiger partial charge in [-0.1, -0.05) is 11.6 Å². The first-order valence-electron chi connectivity index (χ1n) is 5.32. The first-order chi connectivity index (χ1) is 7.87. The zero-order chi connectivity index (χ0) is 12.6. The lowest BCUT2D eigenvalue weighted by Crippen LogP contribution is -2.42. The molecule has 1 N–H and O–H groups in total. The molecule has 17 heavy (non-hydrogen) atoms. The molecule has 1 aromatic rings. The maximum Gasteiger partial charge on any atom is 0.249 e. The van der Waals surface area contributed by atoms with E-state index in [1.807, 2.05) is 6.92 Å². The number of carbonyl (C=O) groups excluding carboxylic acids is 1. The highest BCUT2D eigenvalue weighted by Crippen LogP contribution is 2.42. The maximum absolute atomic E-state index is 12.6. The first kappa shape index (κ1) is 12.3. The molecule has 1 amide bonds. The second kappa shape index (κ2) is 4.26. The molecule has 1 aliphatic carbocycles. The van der Waals surface area contributed by atoms with E-state index in [1.54, 1.807) is 18.2 Å². The van der Waals surface area contributed by atoms with E-state index in [0.29, 0.717) is 10.7 Å². The molecule has 0 unspecified atom stereocenters. The van der Waals surface area contributed by atoms with Gasteiger partial charge in [0.25, 0.3) is 0 Å². The Morgan fingerprint density at radius 2 is 2.12 bits per heavy atom. The summed E-state index contributed by atoms with van der Waals surface area (Å²) in [6.45, 7) is 1.81. The fraction of sp³-hybridized carbons (Fsp3) is 0.417. The normalized spacial score (nSPS) is 18.6. The van der Waals surface area contributed by atoms with Gasteiger partial charge in [-0.05, 0) is 30.7 Å². The van der Waals surface area contributed by atoms with E-state index in [1.165, 1.54) is 0 Å². The highest BCUT2D eigenvalue weighted by atomic mass is 35.5. The Kier molecular flexibility index (Phi) is 3.08. The Balaban J connectivity index is 1.97. The summed E-state index contributed by atoms with van der Waals surface area (Å²) in [6.07, 6.45) is -0.711. The van der Waals surface area contributed by atoms with Crippen LogP contribution in [-0.2, 0) is 4.79 Å². The van der Waals surface area contributed by atoms with E-state index in [2.05, 4.69) is 5.32 Å². The monoisotopic (exact) mass is 259 g/mol. The highest BCUT2D eigenvalue weighted by Gasteiger charge is 2.48. The molecule has 0 radical (unpaired) electrons. The van der Waals surface area contributed by atoms with Gasteiger partial charge in [0.2, 0.25) is 11.8 Å². The predicted octanol–water partition coefficient (Wildman–Crippen LogP) is 3.63. The summed E-state index contributed by atoms with van der Waals surface area (Å²) in [5.41, 5.74) is 1.43. The molecule has 0 heterocycles. The van der Waals surface area contributed by atoms with Crippen LogP contribution >= 0.6 is 11.6 Å². The van der Waals surface area contributed by atoms with Crippen LogP contribution in [0.4, 0.5) is 14.5 Å². The summed E-state index contributed by atoms with van der Waals surface area (Å²) in [6, 6.07) is 5.04. The molecular formula is C12H12ClF2NO. The number of nitrogens with one attached hydrogen (secondary N) is 1. The number of halogens is 3. The smallest absolute Gasteiger partial charge is 0.249 e. The van der Waals surface area contributed by atoms with E-state index in [4.69, 9.17) is 11.6 Å². The minimum Gasteiger partial charge on any atom is -0.326 e. The van der Waals surface area contributed by atoms with Crippen LogP contribution in [0.15, 0.2) is 18.2 Å². The van der Waals surface area contributed by atoms with Gasteiger partial charge < -0.3 is 5.32 Å². The van der Waals surface area contributed by atoms with Gasteiger partial charge in [-0.2, -0.15) is 0 Å². The molecule has 1 aromatic carbocycles. The van der Waals surface area contributed by atoms with Gasteiger partial charge >= 0.3 is 0 Å². The number of hydrogen-bond acceptors (Lipinski definition) is 1. The number of aryl methyl sites for hydroxylation is 1. The zero-order valence-electron chi connectivity index (χ0n) is 9.27. The number of anilines is 1. The minimum atomic E-state index is -2.67. The average molecular weight is 260 g/mol. The van der Waals surface area contributed by atoms with Crippen LogP contribution in [0, 0.1) is 12.8 Å². The highest BCUT2D eigenvalue weighted by molar-refractivity contribution is 6.31. The Morgan fingerprint density at radius 3 is 2.65 bits per heavy atom. The fourth-order valence-corrected chi connectivity index (χ4v) is 1.93. The zero-order valence-corrected chi connectivity index (χ0v) is 10.0. The van der Waals surface area contributed by atoms with Crippen LogP contribution in [0.3, 0.4) is 0 Å². The molecule has 2 nitrogen and oxygen atoms in total. The van der Waals surface area contributed by atoms with Crippen LogP contribution in [0.2, 0.25) is 5.02 Å². The second-order valence-corrected chi connectivity index (χ2v) is 4.82. The fourth-order valence-electron chi connectivity index (χ4n) is 1.81. The molecule has 0 aromatic heterocycles. The van der Waals surface area contributed by atoms with Gasteiger partial charge in [0.05, 0.1) is 0 Å². The van der Waals surface area contributed by atoms with Crippen molar-refractivity contribution < 1.29 is 13.6 Å². The van der Waals surface area contributed by atoms with Crippen molar-refractivity contribution in [3.63, 3.8) is 0 Å². The van der Waals surface area contributed by atoms with Crippen LogP contribution in [0.5, 0.6) is 0 Å². The predicted molar refractivity (Wildman–Crippen MR) is 62.5 cm³/mol. The van der Waals surface area contributed by atoms with Gasteiger partial charge in [-0.15, -0.1) is 0 Å². The number of benzene rings is 1. The van der Waals surface area contributed by atoms with E-state index < -0.39 is 11.8 Å². The van der Waals surface area contributed by atoms with Crippen LogP contribution in [0.1, 0.15) is 18.4 Å². The van der Waals surface area contributed by atoms with E-state index in [0.717, 1.165) is 5.56 Å². The van der Waals surface area contributed by atoms with Crippen LogP contribution in [0.25, 0.3) is 0 Å². The summed E-state index contributed by atoms with van der Waals surface area (Å²) in [4.78, 5) is 11.6. The molecule has 0 spiro atoms. The van der Waals surface area contributed by atoms with Crippen molar-refractivity contribution in [1.29, 1.82) is 0 Å². The summed E-state index contributed by atoms with van der Waals surface area (Å²) >= 11 is 5.84. The first-order valence-corrected chi connectivity index (χ1v) is 5.70. The SMILES string of the molecule is Cc1cc(NC(=O)C2CC(F)(F)C2)ccc1Cl. The second-order valence-electron chi connectivity index (χ2n) is 4.41. The van der Waals surface area contributed by atoms with Gasteiger partial charge in [0, 0.05) is 29.5 Å². The summed E-state index contributed by atoms with van der Waals surface area (Å²) in [5.74, 6) is -3.60. The number of rotatable bonds is 2. The lowest BCUT2D eigenvalue weighted by atomic mass is 9.81. The molecule has 2 rings (SSSR count). The molecule has 0 atom stereocenters. The third-order valence-corrected chi connectivity index (χ3v) is 3.31. The molecular weight excluding hydrogens is 248 g/mol. The Morgan fingerprint density at radius 1 is 1.47 bits per heavy atom. The van der Waals surface area contributed by atoms with Crippen LogP contribution < -0.4 is 5.32 Å². The van der Waals surface area contributed by atoms with Crippen molar-refractivity contribution in [2.45, 2.75) is 25.7 Å². The van der Waals surface area contributed by atoms with Crippen molar-refractivity contribution >= 4 is 23.2 Å². The van der Waals surface area contributed by atoms with Crippen molar-refractivity contribution in [1.82, 2.24) is 0 Å². The molecule has 1 aliphatic rings. The van der Waals surface area contributed by atoms with E-state index in [-0.39, 0.29) is 18.7 Å². The number of hydrogen-bond donors (Lipinski definition) is 1. The van der Waals surface area contributed by atoms with E-state index in [9.17, 15) is 13.6 Å².